The second kappa shape index (κ2) is 25.8. The molecule has 4 aromatic rings. The van der Waals surface area contributed by atoms with Crippen molar-refractivity contribution < 1.29 is 28.7 Å². The van der Waals surface area contributed by atoms with Crippen molar-refractivity contribution in [1.29, 1.82) is 0 Å². The third-order valence-electron chi connectivity index (χ3n) is 13.2. The van der Waals surface area contributed by atoms with Crippen LogP contribution in [0.15, 0.2) is 85.5 Å². The van der Waals surface area contributed by atoms with E-state index in [1.165, 1.54) is 0 Å². The molecule has 0 saturated carbocycles. The fraction of sp³-hybridized carbons (Fsp3) is 0.509. The number of ether oxygens (including phenoxy) is 2. The smallest absolute Gasteiger partial charge is 0.248 e. The Morgan fingerprint density at radius 3 is 1.54 bits per heavy atom. The molecule has 3 N–H and O–H groups in total. The summed E-state index contributed by atoms with van der Waals surface area (Å²) in [4.78, 5) is 67.9. The van der Waals surface area contributed by atoms with Crippen molar-refractivity contribution in [3.63, 3.8) is 0 Å². The molecule has 2 aromatic heterocycles. The van der Waals surface area contributed by atoms with Crippen molar-refractivity contribution in [3.8, 4) is 23.7 Å². The van der Waals surface area contributed by atoms with Crippen LogP contribution in [0, 0.1) is 29.6 Å². The summed E-state index contributed by atoms with van der Waals surface area (Å²) in [5, 5.41) is 8.88. The fourth-order valence-electron chi connectivity index (χ4n) is 8.70. The lowest BCUT2D eigenvalue weighted by Crippen LogP contribution is -2.58. The van der Waals surface area contributed by atoms with Crippen molar-refractivity contribution in [2.75, 3.05) is 33.4 Å². The summed E-state index contributed by atoms with van der Waals surface area (Å²) >= 11 is 0. The molecular formula is C53H69N9O6. The third kappa shape index (κ3) is 14.1. The van der Waals surface area contributed by atoms with Gasteiger partial charge in [0.25, 0.3) is 0 Å². The van der Waals surface area contributed by atoms with E-state index in [4.69, 9.17) is 9.47 Å². The van der Waals surface area contributed by atoms with E-state index in [1.54, 1.807) is 40.2 Å². The lowest BCUT2D eigenvalue weighted by molar-refractivity contribution is -0.142. The van der Waals surface area contributed by atoms with E-state index in [9.17, 15) is 19.2 Å². The number of hydrogen-bond donors (Lipinski definition) is 3. The first-order chi connectivity index (χ1) is 33.0. The van der Waals surface area contributed by atoms with Crippen LogP contribution >= 0.6 is 0 Å². The molecule has 0 radical (unpaired) electrons. The second-order valence-electron chi connectivity index (χ2n) is 17.9. The number of benzene rings is 2. The van der Waals surface area contributed by atoms with E-state index in [0.717, 1.165) is 48.5 Å². The number of nitrogens with one attached hydrogen (secondary N) is 3. The van der Waals surface area contributed by atoms with E-state index >= 15 is 0 Å². The number of amides is 4. The van der Waals surface area contributed by atoms with Gasteiger partial charge in [-0.3, -0.25) is 19.2 Å². The molecule has 6 rings (SSSR count). The van der Waals surface area contributed by atoms with Crippen LogP contribution in [0.1, 0.15) is 89.5 Å². The van der Waals surface area contributed by atoms with Crippen LogP contribution in [0.4, 0.5) is 0 Å². The Balaban J connectivity index is 1.04. The minimum Gasteiger partial charge on any atom is -0.363 e. The van der Waals surface area contributed by atoms with Gasteiger partial charge in [-0.05, 0) is 82.9 Å². The molecule has 2 aliphatic rings. The first kappa shape index (κ1) is 51.1. The average Bonchev–Trinajstić information content (AvgIpc) is 4.20. The maximum atomic E-state index is 14.3. The highest BCUT2D eigenvalue weighted by Crippen LogP contribution is 2.24. The summed E-state index contributed by atoms with van der Waals surface area (Å²) < 4.78 is 16.4. The molecule has 0 unspecified atom stereocenters. The molecule has 0 aliphatic carbocycles. The summed E-state index contributed by atoms with van der Waals surface area (Å²) in [5.41, 5.74) is 2.32. The summed E-state index contributed by atoms with van der Waals surface area (Å²) in [6.07, 6.45) is 11.5. The van der Waals surface area contributed by atoms with Crippen LogP contribution < -0.4 is 16.0 Å². The molecule has 8 atom stereocenters. The molecule has 2 aromatic carbocycles. The predicted molar refractivity (Wildman–Crippen MR) is 261 cm³/mol. The van der Waals surface area contributed by atoms with Gasteiger partial charge in [0.1, 0.15) is 36.9 Å². The second-order valence-corrected chi connectivity index (χ2v) is 17.9. The predicted octanol–water partition coefficient (Wildman–Crippen LogP) is 4.38. The highest BCUT2D eigenvalue weighted by Gasteiger charge is 2.39. The zero-order valence-electron chi connectivity index (χ0n) is 40.5. The summed E-state index contributed by atoms with van der Waals surface area (Å²) in [6, 6.07) is 17.9. The fourth-order valence-corrected chi connectivity index (χ4v) is 8.70. The number of rotatable bonds is 22. The standard InChI is InChI=1S/C53H69N9O6/c1-7-38(2)50(63)57-48(52(65)61-28-18-24-44(61)36-59-30-26-55-46(59)34-42-20-12-10-13-21-42)40(4)67-32-16-8-9-17-33-68-41(5)49(58-51(64)39(3)54-6)53(66)62-29-19-25-45(62)37-60-31-27-56-47(60)35-43-22-14-11-15-23-43/h10-15,20-23,26-27,30-31,38-41,44-45,48-49,54H,7,18-19,24-25,28-29,32-37H2,1-6H3,(H,57,63)(H,58,64)/t38-,39+,40-,41-,44+,45+,48+,49+/m1/s1. The lowest BCUT2D eigenvalue weighted by atomic mass is 10.1. The van der Waals surface area contributed by atoms with Gasteiger partial charge in [0.05, 0.1) is 18.2 Å². The Bertz CT molecular complexity index is 2210. The summed E-state index contributed by atoms with van der Waals surface area (Å²) in [7, 11) is 1.69. The first-order valence-corrected chi connectivity index (χ1v) is 24.1. The Labute approximate surface area is 402 Å². The molecule has 15 heteroatoms. The lowest BCUT2D eigenvalue weighted by Gasteiger charge is -2.32. The van der Waals surface area contributed by atoms with Crippen molar-refractivity contribution in [2.45, 2.75) is 135 Å². The van der Waals surface area contributed by atoms with E-state index in [1.807, 2.05) is 72.4 Å². The number of likely N-dealkylation sites (tertiary alicyclic amines) is 2. The van der Waals surface area contributed by atoms with Gasteiger partial charge in [-0.25, -0.2) is 9.97 Å². The maximum absolute atomic E-state index is 14.3. The van der Waals surface area contributed by atoms with Gasteiger partial charge in [-0.2, -0.15) is 0 Å². The van der Waals surface area contributed by atoms with E-state index in [0.29, 0.717) is 45.4 Å². The quantitative estimate of drug-likeness (QED) is 0.0971. The molecule has 2 aliphatic heterocycles. The highest BCUT2D eigenvalue weighted by molar-refractivity contribution is 5.90. The van der Waals surface area contributed by atoms with E-state index in [2.05, 4.69) is 83.0 Å². The SMILES string of the molecule is CC[C@@H](C)C(=O)N[C@H](C(=O)N1CCC[C@H]1Cn1ccnc1Cc1ccccc1)[C@@H](C)OCC#CC#CCO[C@H](C)[C@H](NC(=O)[C@H](C)NC)C(=O)N1CCC[C@H]1Cn1ccnc1Cc1ccccc1. The van der Waals surface area contributed by atoms with Crippen molar-refractivity contribution >= 4 is 23.6 Å². The molecule has 0 bridgehead atoms. The van der Waals surface area contributed by atoms with Gasteiger partial charge < -0.3 is 44.4 Å². The number of hydrogen-bond acceptors (Lipinski definition) is 9. The zero-order chi connectivity index (χ0) is 48.4. The van der Waals surface area contributed by atoms with Gasteiger partial charge in [0, 0.05) is 81.8 Å². The van der Waals surface area contributed by atoms with Gasteiger partial charge in [-0.1, -0.05) is 86.4 Å². The molecule has 2 fully saturated rings. The molecule has 15 nitrogen and oxygen atoms in total. The van der Waals surface area contributed by atoms with Crippen LogP contribution in [0.5, 0.6) is 0 Å². The number of carbonyl (C=O) groups is 4. The monoisotopic (exact) mass is 928 g/mol. The minimum atomic E-state index is -0.941. The van der Waals surface area contributed by atoms with Crippen molar-refractivity contribution in [3.05, 3.63) is 108 Å². The maximum Gasteiger partial charge on any atom is 0.248 e. The van der Waals surface area contributed by atoms with Crippen molar-refractivity contribution in [1.82, 2.24) is 44.9 Å². The van der Waals surface area contributed by atoms with Gasteiger partial charge in [-0.15, -0.1) is 0 Å². The minimum absolute atomic E-state index is 0.0204. The first-order valence-electron chi connectivity index (χ1n) is 24.1. The molecule has 2 saturated heterocycles. The van der Waals surface area contributed by atoms with E-state index in [-0.39, 0.29) is 54.8 Å². The highest BCUT2D eigenvalue weighted by atomic mass is 16.5. The number of nitrogens with zero attached hydrogens (tertiary/aromatic N) is 6. The van der Waals surface area contributed by atoms with Crippen LogP contribution in [0.2, 0.25) is 0 Å². The Kier molecular flexibility index (Phi) is 19.4. The van der Waals surface area contributed by atoms with Gasteiger partial charge >= 0.3 is 0 Å². The Morgan fingerprint density at radius 1 is 0.676 bits per heavy atom. The molecule has 362 valence electrons. The van der Waals surface area contributed by atoms with E-state index < -0.39 is 30.3 Å². The zero-order valence-corrected chi connectivity index (χ0v) is 40.5. The van der Waals surface area contributed by atoms with Gasteiger partial charge in [0.15, 0.2) is 0 Å². The van der Waals surface area contributed by atoms with Crippen molar-refractivity contribution in [2.24, 2.45) is 5.92 Å². The number of carbonyl (C=O) groups excluding carboxylic acids is 4. The summed E-state index contributed by atoms with van der Waals surface area (Å²) in [6.45, 7) is 11.4. The van der Waals surface area contributed by atoms with Gasteiger partial charge in [0.2, 0.25) is 23.6 Å². The van der Waals surface area contributed by atoms with Crippen LogP contribution in [0.25, 0.3) is 0 Å². The number of likely N-dealkylation sites (N-methyl/N-ethyl adjacent to an activating group) is 1. The molecule has 4 amide bonds. The largest absolute Gasteiger partial charge is 0.363 e. The molecule has 68 heavy (non-hydrogen) atoms. The molecular weight excluding hydrogens is 859 g/mol. The molecule has 4 heterocycles. The Morgan fingerprint density at radius 2 is 1.12 bits per heavy atom. The molecule has 0 spiro atoms. The average molecular weight is 928 g/mol. The number of aromatic nitrogens is 4. The van der Waals surface area contributed by atoms with Crippen LogP contribution in [-0.2, 0) is 54.6 Å². The normalized spacial score (nSPS) is 18.3. The number of imidazole rings is 2. The van der Waals surface area contributed by atoms with Crippen LogP contribution in [-0.4, -0.2) is 128 Å². The van der Waals surface area contributed by atoms with Crippen LogP contribution in [0.3, 0.4) is 0 Å². The topological polar surface area (TPSA) is 165 Å². The third-order valence-corrected chi connectivity index (χ3v) is 13.2. The summed E-state index contributed by atoms with van der Waals surface area (Å²) in [5.74, 6) is 12.1. The Hall–Kier alpha value is -6.26.